The van der Waals surface area contributed by atoms with Gasteiger partial charge in [0.15, 0.2) is 5.54 Å². The molecule has 3 N–H and O–H groups in total. The highest BCUT2D eigenvalue weighted by molar-refractivity contribution is 5.92. The van der Waals surface area contributed by atoms with Crippen LogP contribution < -0.4 is 15.8 Å². The van der Waals surface area contributed by atoms with Crippen LogP contribution >= 0.6 is 0 Å². The average molecular weight is 321 g/mol. The number of carbonyl (C=O) groups excluding carboxylic acids is 2. The predicted octanol–water partition coefficient (Wildman–Crippen LogP) is 1.58. The molecule has 0 saturated carbocycles. The number of ether oxygens (including phenoxy) is 2. The van der Waals surface area contributed by atoms with E-state index in [0.29, 0.717) is 11.4 Å². The molecule has 7 nitrogen and oxygen atoms in total. The highest BCUT2D eigenvalue weighted by atomic mass is 16.6. The Morgan fingerprint density at radius 2 is 1.96 bits per heavy atom. The number of rotatable bonds is 4. The van der Waals surface area contributed by atoms with Crippen LogP contribution in [-0.2, 0) is 9.53 Å². The second-order valence-electron chi connectivity index (χ2n) is 6.64. The minimum atomic E-state index is -0.997. The molecule has 1 heterocycles. The second kappa shape index (κ2) is 5.98. The molecule has 23 heavy (non-hydrogen) atoms. The summed E-state index contributed by atoms with van der Waals surface area (Å²) in [5, 5.41) is 3.11. The summed E-state index contributed by atoms with van der Waals surface area (Å²) in [4.78, 5) is 25.3. The number of primary amides is 1. The molecule has 1 aliphatic rings. The molecule has 0 radical (unpaired) electrons. The Morgan fingerprint density at radius 3 is 2.48 bits per heavy atom. The second-order valence-corrected chi connectivity index (χ2v) is 6.64. The van der Waals surface area contributed by atoms with E-state index in [2.05, 4.69) is 5.32 Å². The largest absolute Gasteiger partial charge is 0.497 e. The molecule has 0 spiro atoms. The van der Waals surface area contributed by atoms with Crippen LogP contribution in [0.2, 0.25) is 0 Å². The minimum Gasteiger partial charge on any atom is -0.497 e. The van der Waals surface area contributed by atoms with Gasteiger partial charge in [-0.1, -0.05) is 6.07 Å². The number of amides is 2. The summed E-state index contributed by atoms with van der Waals surface area (Å²) in [7, 11) is 1.57. The summed E-state index contributed by atoms with van der Waals surface area (Å²) in [6.45, 7) is 5.70. The highest BCUT2D eigenvalue weighted by Crippen LogP contribution is 2.29. The van der Waals surface area contributed by atoms with Gasteiger partial charge in [0, 0.05) is 11.8 Å². The first-order valence-electron chi connectivity index (χ1n) is 7.35. The summed E-state index contributed by atoms with van der Waals surface area (Å²) in [6.07, 6.45) is -0.457. The Morgan fingerprint density at radius 1 is 1.30 bits per heavy atom. The molecule has 126 valence electrons. The third-order valence-corrected chi connectivity index (χ3v) is 3.50. The van der Waals surface area contributed by atoms with Crippen molar-refractivity contribution in [3.63, 3.8) is 0 Å². The summed E-state index contributed by atoms with van der Waals surface area (Å²) < 4.78 is 10.4. The van der Waals surface area contributed by atoms with Gasteiger partial charge in [-0.25, -0.2) is 4.79 Å². The number of benzene rings is 1. The third kappa shape index (κ3) is 3.85. The van der Waals surface area contributed by atoms with Crippen LogP contribution in [0.15, 0.2) is 24.3 Å². The Hall–Kier alpha value is -2.44. The number of hydrogen-bond acceptors (Lipinski definition) is 5. The van der Waals surface area contributed by atoms with E-state index in [0.717, 1.165) is 0 Å². The average Bonchev–Trinajstić information content (AvgIpc) is 2.40. The Balaban J connectivity index is 2.06. The van der Waals surface area contributed by atoms with Crippen molar-refractivity contribution in [3.8, 4) is 5.75 Å². The maximum absolute atomic E-state index is 12.0. The third-order valence-electron chi connectivity index (χ3n) is 3.50. The molecule has 1 aliphatic heterocycles. The number of nitrogens with zero attached hydrogens (tertiary/aromatic N) is 1. The van der Waals surface area contributed by atoms with Crippen LogP contribution in [0.25, 0.3) is 0 Å². The van der Waals surface area contributed by atoms with E-state index in [-0.39, 0.29) is 13.1 Å². The highest BCUT2D eigenvalue weighted by Gasteiger charge is 2.51. The zero-order chi connectivity index (χ0) is 17.3. The van der Waals surface area contributed by atoms with Gasteiger partial charge >= 0.3 is 6.09 Å². The summed E-state index contributed by atoms with van der Waals surface area (Å²) in [6, 6.07) is 7.18. The molecule has 1 saturated heterocycles. The van der Waals surface area contributed by atoms with Gasteiger partial charge < -0.3 is 25.4 Å². The summed E-state index contributed by atoms with van der Waals surface area (Å²) in [5.74, 6) is 0.151. The van der Waals surface area contributed by atoms with E-state index >= 15 is 0 Å². The lowest BCUT2D eigenvalue weighted by Gasteiger charge is -2.48. The van der Waals surface area contributed by atoms with Gasteiger partial charge in [-0.3, -0.25) is 4.79 Å². The molecule has 2 amide bonds. The van der Waals surface area contributed by atoms with Gasteiger partial charge in [-0.05, 0) is 32.9 Å². The van der Waals surface area contributed by atoms with Gasteiger partial charge in [0.1, 0.15) is 11.4 Å². The SMILES string of the molecule is COc1cccc(NC2(C(N)=O)CN(C(=O)OC(C)(C)C)C2)c1. The first kappa shape index (κ1) is 16.9. The fourth-order valence-electron chi connectivity index (χ4n) is 2.33. The summed E-state index contributed by atoms with van der Waals surface area (Å²) in [5.41, 5.74) is 4.65. The summed E-state index contributed by atoms with van der Waals surface area (Å²) >= 11 is 0. The van der Waals surface area contributed by atoms with E-state index in [4.69, 9.17) is 15.2 Å². The first-order chi connectivity index (χ1) is 10.6. The van der Waals surface area contributed by atoms with Crippen LogP contribution in [-0.4, -0.2) is 48.2 Å². The Bertz CT molecular complexity index is 604. The van der Waals surface area contributed by atoms with Crippen molar-refractivity contribution in [2.45, 2.75) is 31.9 Å². The molecule has 1 aromatic carbocycles. The van der Waals surface area contributed by atoms with E-state index in [9.17, 15) is 9.59 Å². The lowest BCUT2D eigenvalue weighted by Crippen LogP contribution is -2.73. The molecule has 0 bridgehead atoms. The smallest absolute Gasteiger partial charge is 0.410 e. The number of methoxy groups -OCH3 is 1. The van der Waals surface area contributed by atoms with Crippen molar-refractivity contribution in [3.05, 3.63) is 24.3 Å². The zero-order valence-electron chi connectivity index (χ0n) is 13.9. The Labute approximate surface area is 135 Å². The Kier molecular flexibility index (Phi) is 4.40. The number of likely N-dealkylation sites (tertiary alicyclic amines) is 1. The molecule has 2 rings (SSSR count). The molecule has 0 aliphatic carbocycles. The number of anilines is 1. The van der Waals surface area contributed by atoms with Crippen molar-refractivity contribution < 1.29 is 19.1 Å². The lowest BCUT2D eigenvalue weighted by molar-refractivity contribution is -0.127. The normalized spacial score (nSPS) is 16.3. The van der Waals surface area contributed by atoms with Gasteiger partial charge in [-0.2, -0.15) is 0 Å². The van der Waals surface area contributed by atoms with Crippen LogP contribution in [0, 0.1) is 0 Å². The van der Waals surface area contributed by atoms with E-state index in [1.54, 1.807) is 46.1 Å². The number of nitrogens with two attached hydrogens (primary N) is 1. The molecule has 0 aromatic heterocycles. The molecule has 1 fully saturated rings. The predicted molar refractivity (Wildman–Crippen MR) is 86.3 cm³/mol. The molecule has 0 atom stereocenters. The lowest BCUT2D eigenvalue weighted by atomic mass is 9.89. The van der Waals surface area contributed by atoms with E-state index < -0.39 is 23.1 Å². The van der Waals surface area contributed by atoms with Crippen molar-refractivity contribution in [2.24, 2.45) is 5.73 Å². The van der Waals surface area contributed by atoms with Crippen LogP contribution in [0.1, 0.15) is 20.8 Å². The topological polar surface area (TPSA) is 93.9 Å². The maximum atomic E-state index is 12.0. The van der Waals surface area contributed by atoms with Crippen molar-refractivity contribution in [1.29, 1.82) is 0 Å². The fraction of sp³-hybridized carbons (Fsp3) is 0.500. The van der Waals surface area contributed by atoms with Crippen molar-refractivity contribution >= 4 is 17.7 Å². The fourth-order valence-corrected chi connectivity index (χ4v) is 2.33. The molecule has 0 unspecified atom stereocenters. The van der Waals surface area contributed by atoms with Gasteiger partial charge in [0.2, 0.25) is 5.91 Å². The maximum Gasteiger partial charge on any atom is 0.410 e. The molecular formula is C16H23N3O4. The standard InChI is InChI=1S/C16H23N3O4/c1-15(2,3)23-14(21)19-9-16(10-19,13(17)20)18-11-6-5-7-12(8-11)22-4/h5-8,18H,9-10H2,1-4H3,(H2,17,20). The monoisotopic (exact) mass is 321 g/mol. The van der Waals surface area contributed by atoms with E-state index in [1.165, 1.54) is 4.90 Å². The van der Waals surface area contributed by atoms with Gasteiger partial charge in [0.05, 0.1) is 20.2 Å². The van der Waals surface area contributed by atoms with Crippen molar-refractivity contribution in [1.82, 2.24) is 4.90 Å². The van der Waals surface area contributed by atoms with Crippen LogP contribution in [0.4, 0.5) is 10.5 Å². The van der Waals surface area contributed by atoms with Gasteiger partial charge in [-0.15, -0.1) is 0 Å². The molecule has 1 aromatic rings. The van der Waals surface area contributed by atoms with Crippen molar-refractivity contribution in [2.75, 3.05) is 25.5 Å². The first-order valence-corrected chi connectivity index (χ1v) is 7.35. The quantitative estimate of drug-likeness (QED) is 0.878. The zero-order valence-corrected chi connectivity index (χ0v) is 13.9. The van der Waals surface area contributed by atoms with E-state index in [1.807, 2.05) is 6.07 Å². The molecule has 7 heteroatoms. The number of nitrogens with one attached hydrogen (secondary N) is 1. The van der Waals surface area contributed by atoms with Gasteiger partial charge in [0.25, 0.3) is 0 Å². The van der Waals surface area contributed by atoms with Crippen LogP contribution in [0.5, 0.6) is 5.75 Å². The minimum absolute atomic E-state index is 0.161. The molecular weight excluding hydrogens is 298 g/mol. The number of hydrogen-bond donors (Lipinski definition) is 2. The number of carbonyl (C=O) groups is 2. The van der Waals surface area contributed by atoms with Crippen LogP contribution in [0.3, 0.4) is 0 Å².